The Morgan fingerprint density at radius 2 is 1.80 bits per heavy atom. The van der Waals surface area contributed by atoms with Crippen LogP contribution in [0.2, 0.25) is 0 Å². The standard InChI is InChI=1S/C10H14BrNO2S/c1-9-3-5-10(6-4-9)7-12(2)15(13,14)8-11/h3-6H,7-8H2,1-2H3. The highest BCUT2D eigenvalue weighted by molar-refractivity contribution is 9.10. The molecule has 0 aliphatic heterocycles. The van der Waals surface area contributed by atoms with Gasteiger partial charge in [-0.05, 0) is 12.5 Å². The molecule has 1 aromatic carbocycles. The second kappa shape index (κ2) is 5.09. The van der Waals surface area contributed by atoms with Gasteiger partial charge in [0.1, 0.15) is 4.66 Å². The number of sulfonamides is 1. The van der Waals surface area contributed by atoms with E-state index in [0.29, 0.717) is 6.54 Å². The van der Waals surface area contributed by atoms with Crippen molar-refractivity contribution in [2.24, 2.45) is 0 Å². The monoisotopic (exact) mass is 291 g/mol. The van der Waals surface area contributed by atoms with E-state index in [-0.39, 0.29) is 4.66 Å². The Bertz CT molecular complexity index is 414. The zero-order chi connectivity index (χ0) is 11.5. The number of benzene rings is 1. The lowest BCUT2D eigenvalue weighted by Crippen LogP contribution is -2.26. The molecule has 0 atom stereocenters. The van der Waals surface area contributed by atoms with Crippen molar-refractivity contribution in [1.29, 1.82) is 0 Å². The van der Waals surface area contributed by atoms with E-state index in [9.17, 15) is 8.42 Å². The molecule has 0 fully saturated rings. The molecule has 5 heteroatoms. The van der Waals surface area contributed by atoms with Crippen LogP contribution in [0.1, 0.15) is 11.1 Å². The Labute approximate surface area is 99.3 Å². The van der Waals surface area contributed by atoms with Gasteiger partial charge in [-0.15, -0.1) is 0 Å². The summed E-state index contributed by atoms with van der Waals surface area (Å²) in [5, 5.41) is 0. The van der Waals surface area contributed by atoms with E-state index in [4.69, 9.17) is 0 Å². The molecule has 0 spiro atoms. The van der Waals surface area contributed by atoms with Gasteiger partial charge in [0.05, 0.1) is 0 Å². The van der Waals surface area contributed by atoms with E-state index in [1.807, 2.05) is 31.2 Å². The van der Waals surface area contributed by atoms with E-state index >= 15 is 0 Å². The van der Waals surface area contributed by atoms with Gasteiger partial charge in [-0.25, -0.2) is 8.42 Å². The summed E-state index contributed by atoms with van der Waals surface area (Å²) in [4.78, 5) is 0. The minimum absolute atomic E-state index is 0.0393. The topological polar surface area (TPSA) is 37.4 Å². The quantitative estimate of drug-likeness (QED) is 0.797. The maximum atomic E-state index is 11.4. The lowest BCUT2D eigenvalue weighted by molar-refractivity contribution is 0.471. The predicted molar refractivity (Wildman–Crippen MR) is 65.4 cm³/mol. The van der Waals surface area contributed by atoms with Crippen LogP contribution < -0.4 is 0 Å². The van der Waals surface area contributed by atoms with Gasteiger partial charge in [-0.2, -0.15) is 4.31 Å². The predicted octanol–water partition coefficient (Wildman–Crippen LogP) is 2.11. The first-order chi connectivity index (χ1) is 6.95. The molecule has 0 amide bonds. The van der Waals surface area contributed by atoms with Gasteiger partial charge in [0.25, 0.3) is 0 Å². The molecule has 3 nitrogen and oxygen atoms in total. The molecule has 0 heterocycles. The third-order valence-corrected chi connectivity index (χ3v) is 5.23. The van der Waals surface area contributed by atoms with Crippen molar-refractivity contribution < 1.29 is 8.42 Å². The fourth-order valence-corrected chi connectivity index (χ4v) is 2.69. The zero-order valence-corrected chi connectivity index (χ0v) is 11.2. The molecule has 15 heavy (non-hydrogen) atoms. The molecule has 0 aliphatic carbocycles. The van der Waals surface area contributed by atoms with Crippen LogP contribution >= 0.6 is 15.9 Å². The van der Waals surface area contributed by atoms with E-state index in [0.717, 1.165) is 5.56 Å². The van der Waals surface area contributed by atoms with E-state index < -0.39 is 10.0 Å². The molecular weight excluding hydrogens is 278 g/mol. The van der Waals surface area contributed by atoms with Crippen LogP contribution in [0.25, 0.3) is 0 Å². The van der Waals surface area contributed by atoms with Gasteiger partial charge in [0, 0.05) is 13.6 Å². The summed E-state index contributed by atoms with van der Waals surface area (Å²) in [5.74, 6) is 0. The minimum Gasteiger partial charge on any atom is -0.211 e. The van der Waals surface area contributed by atoms with Crippen molar-refractivity contribution in [3.63, 3.8) is 0 Å². The van der Waals surface area contributed by atoms with Gasteiger partial charge in [-0.1, -0.05) is 45.8 Å². The van der Waals surface area contributed by atoms with Gasteiger partial charge in [0.15, 0.2) is 0 Å². The molecular formula is C10H14BrNO2S. The fourth-order valence-electron chi connectivity index (χ4n) is 1.13. The maximum Gasteiger partial charge on any atom is 0.224 e. The molecule has 0 radical (unpaired) electrons. The van der Waals surface area contributed by atoms with E-state index in [2.05, 4.69) is 15.9 Å². The van der Waals surface area contributed by atoms with Gasteiger partial charge in [-0.3, -0.25) is 0 Å². The number of nitrogens with zero attached hydrogens (tertiary/aromatic N) is 1. The Morgan fingerprint density at radius 3 is 2.27 bits per heavy atom. The summed E-state index contributed by atoms with van der Waals surface area (Å²) >= 11 is 2.97. The second-order valence-electron chi connectivity index (χ2n) is 3.46. The average molecular weight is 292 g/mol. The van der Waals surface area contributed by atoms with Crippen molar-refractivity contribution in [2.75, 3.05) is 11.7 Å². The Balaban J connectivity index is 2.75. The molecule has 0 N–H and O–H groups in total. The Morgan fingerprint density at radius 1 is 1.27 bits per heavy atom. The molecule has 0 aromatic heterocycles. The summed E-state index contributed by atoms with van der Waals surface area (Å²) in [6.07, 6.45) is 0. The summed E-state index contributed by atoms with van der Waals surface area (Å²) in [5.41, 5.74) is 2.16. The highest BCUT2D eigenvalue weighted by Crippen LogP contribution is 2.10. The number of halogens is 1. The smallest absolute Gasteiger partial charge is 0.211 e. The van der Waals surface area contributed by atoms with Crippen LogP contribution in [-0.4, -0.2) is 24.4 Å². The summed E-state index contributed by atoms with van der Waals surface area (Å²) < 4.78 is 24.2. The third kappa shape index (κ3) is 3.59. The molecule has 0 unspecified atom stereocenters. The third-order valence-electron chi connectivity index (χ3n) is 2.14. The fraction of sp³-hybridized carbons (Fsp3) is 0.400. The van der Waals surface area contributed by atoms with E-state index in [1.54, 1.807) is 7.05 Å². The van der Waals surface area contributed by atoms with Crippen LogP contribution in [0.4, 0.5) is 0 Å². The molecule has 1 rings (SSSR count). The summed E-state index contributed by atoms with van der Waals surface area (Å²) in [6, 6.07) is 7.83. The normalized spacial score (nSPS) is 12.0. The number of hydrogen-bond acceptors (Lipinski definition) is 2. The van der Waals surface area contributed by atoms with Crippen LogP contribution in [0.5, 0.6) is 0 Å². The van der Waals surface area contributed by atoms with Crippen molar-refractivity contribution in [2.45, 2.75) is 13.5 Å². The van der Waals surface area contributed by atoms with Crippen LogP contribution in [0, 0.1) is 6.92 Å². The first-order valence-corrected chi connectivity index (χ1v) is 7.24. The molecule has 0 saturated heterocycles. The molecule has 0 aliphatic rings. The van der Waals surface area contributed by atoms with Crippen LogP contribution in [-0.2, 0) is 16.6 Å². The van der Waals surface area contributed by atoms with Crippen molar-refractivity contribution >= 4 is 26.0 Å². The first-order valence-electron chi connectivity index (χ1n) is 4.51. The summed E-state index contributed by atoms with van der Waals surface area (Å²) in [7, 11) is -1.58. The highest BCUT2D eigenvalue weighted by Gasteiger charge is 2.15. The summed E-state index contributed by atoms with van der Waals surface area (Å²) in [6.45, 7) is 2.41. The SMILES string of the molecule is Cc1ccc(CN(C)S(=O)(=O)CBr)cc1. The lowest BCUT2D eigenvalue weighted by Gasteiger charge is -2.15. The molecule has 84 valence electrons. The van der Waals surface area contributed by atoms with Gasteiger partial charge in [0.2, 0.25) is 10.0 Å². The largest absolute Gasteiger partial charge is 0.224 e. The number of aryl methyl sites for hydroxylation is 1. The maximum absolute atomic E-state index is 11.4. The lowest BCUT2D eigenvalue weighted by atomic mass is 10.1. The van der Waals surface area contributed by atoms with Gasteiger partial charge < -0.3 is 0 Å². The first kappa shape index (κ1) is 12.7. The zero-order valence-electron chi connectivity index (χ0n) is 8.77. The Hall–Kier alpha value is -0.390. The van der Waals surface area contributed by atoms with Crippen molar-refractivity contribution in [3.05, 3.63) is 35.4 Å². The minimum atomic E-state index is -3.16. The van der Waals surface area contributed by atoms with Gasteiger partial charge >= 0.3 is 0 Å². The van der Waals surface area contributed by atoms with Crippen molar-refractivity contribution in [3.8, 4) is 0 Å². The number of hydrogen-bond donors (Lipinski definition) is 0. The molecule has 0 saturated carbocycles. The second-order valence-corrected chi connectivity index (χ2v) is 6.84. The number of alkyl halides is 1. The van der Waals surface area contributed by atoms with Crippen LogP contribution in [0.15, 0.2) is 24.3 Å². The number of rotatable bonds is 4. The van der Waals surface area contributed by atoms with E-state index in [1.165, 1.54) is 9.87 Å². The molecule has 1 aromatic rings. The molecule has 0 bridgehead atoms. The Kier molecular flexibility index (Phi) is 4.31. The average Bonchev–Trinajstić information content (AvgIpc) is 2.21. The van der Waals surface area contributed by atoms with Crippen LogP contribution in [0.3, 0.4) is 0 Å². The highest BCUT2D eigenvalue weighted by atomic mass is 79.9. The van der Waals surface area contributed by atoms with Crippen molar-refractivity contribution in [1.82, 2.24) is 4.31 Å².